The molecule has 1 saturated heterocycles. The Kier molecular flexibility index (Phi) is 6.99. The number of ether oxygens (including phenoxy) is 1. The van der Waals surface area contributed by atoms with Crippen LogP contribution in [0.1, 0.15) is 21.9 Å². The summed E-state index contributed by atoms with van der Waals surface area (Å²) in [5.41, 5.74) is 2.94. The number of imide groups is 1. The Morgan fingerprint density at radius 2 is 1.68 bits per heavy atom. The number of rotatable bonds is 6. The van der Waals surface area contributed by atoms with Crippen molar-refractivity contribution < 1.29 is 19.1 Å². The summed E-state index contributed by atoms with van der Waals surface area (Å²) in [5.74, 6) is -1.60. The maximum atomic E-state index is 13.8. The van der Waals surface area contributed by atoms with Gasteiger partial charge in [-0.2, -0.15) is 0 Å². The molecule has 0 radical (unpaired) electrons. The molecule has 3 heterocycles. The van der Waals surface area contributed by atoms with Crippen LogP contribution in [0.5, 0.6) is 5.75 Å². The summed E-state index contributed by atoms with van der Waals surface area (Å²) in [5, 5.41) is 3.27. The Labute approximate surface area is 242 Å². The first-order valence-corrected chi connectivity index (χ1v) is 14.5. The van der Waals surface area contributed by atoms with Gasteiger partial charge >= 0.3 is 4.87 Å². The van der Waals surface area contributed by atoms with Gasteiger partial charge in [0.05, 0.1) is 16.6 Å². The first-order chi connectivity index (χ1) is 19.3. The molecule has 6 rings (SSSR count). The largest absolute Gasteiger partial charge is 0.484 e. The molecule has 202 valence electrons. The van der Waals surface area contributed by atoms with Crippen LogP contribution in [0.4, 0.5) is 11.4 Å². The third-order valence-corrected chi connectivity index (χ3v) is 9.51. The summed E-state index contributed by atoms with van der Waals surface area (Å²) in [6, 6.07) is 21.1. The van der Waals surface area contributed by atoms with Gasteiger partial charge in [-0.1, -0.05) is 64.5 Å². The monoisotopic (exact) mass is 591 g/mol. The van der Waals surface area contributed by atoms with E-state index in [2.05, 4.69) is 10.3 Å². The average molecular weight is 592 g/mol. The van der Waals surface area contributed by atoms with E-state index >= 15 is 0 Å². The van der Waals surface area contributed by atoms with Crippen molar-refractivity contribution in [3.05, 3.63) is 103 Å². The quantitative estimate of drug-likeness (QED) is 0.298. The van der Waals surface area contributed by atoms with Crippen molar-refractivity contribution >= 4 is 63.8 Å². The van der Waals surface area contributed by atoms with Crippen LogP contribution in [-0.2, 0) is 14.4 Å². The van der Waals surface area contributed by atoms with Gasteiger partial charge in [0.25, 0.3) is 5.91 Å². The van der Waals surface area contributed by atoms with Crippen LogP contribution in [0.25, 0.3) is 0 Å². The molecular formula is C29H22ClN3O5S2. The Morgan fingerprint density at radius 1 is 0.975 bits per heavy atom. The summed E-state index contributed by atoms with van der Waals surface area (Å²) < 4.78 is 5.66. The average Bonchev–Trinajstić information content (AvgIpc) is 3.44. The van der Waals surface area contributed by atoms with E-state index in [9.17, 15) is 19.2 Å². The van der Waals surface area contributed by atoms with Crippen LogP contribution >= 0.6 is 34.7 Å². The van der Waals surface area contributed by atoms with Crippen molar-refractivity contribution in [1.29, 1.82) is 0 Å². The van der Waals surface area contributed by atoms with Crippen LogP contribution in [-0.4, -0.2) is 34.6 Å². The molecule has 40 heavy (non-hydrogen) atoms. The first-order valence-electron chi connectivity index (χ1n) is 12.4. The van der Waals surface area contributed by atoms with Crippen molar-refractivity contribution in [2.45, 2.75) is 23.1 Å². The number of aromatic amines is 1. The van der Waals surface area contributed by atoms with Crippen LogP contribution < -0.4 is 19.8 Å². The zero-order chi connectivity index (χ0) is 28.0. The number of nitrogens with one attached hydrogen (secondary N) is 2. The van der Waals surface area contributed by atoms with Gasteiger partial charge in [-0.25, -0.2) is 4.90 Å². The first kappa shape index (κ1) is 26.4. The molecule has 3 amide bonds. The van der Waals surface area contributed by atoms with Gasteiger partial charge in [0.15, 0.2) is 6.61 Å². The molecule has 11 heteroatoms. The van der Waals surface area contributed by atoms with E-state index in [1.807, 2.05) is 31.2 Å². The fraction of sp³-hybridized carbons (Fsp3) is 0.172. The molecule has 3 aromatic carbocycles. The number of carbonyl (C=O) groups excluding carboxylic acids is 3. The van der Waals surface area contributed by atoms with Crippen LogP contribution in [0.2, 0.25) is 5.02 Å². The summed E-state index contributed by atoms with van der Waals surface area (Å²) in [6.07, 6.45) is 0. The summed E-state index contributed by atoms with van der Waals surface area (Å²) in [6.45, 7) is 1.74. The number of hydrogen-bond acceptors (Lipinski definition) is 7. The van der Waals surface area contributed by atoms with E-state index in [0.717, 1.165) is 27.3 Å². The molecule has 1 aromatic heterocycles. The zero-order valence-corrected chi connectivity index (χ0v) is 23.4. The van der Waals surface area contributed by atoms with E-state index < -0.39 is 17.1 Å². The third-order valence-electron chi connectivity index (χ3n) is 6.85. The number of aromatic nitrogens is 1. The van der Waals surface area contributed by atoms with E-state index in [1.165, 1.54) is 16.7 Å². The van der Waals surface area contributed by atoms with E-state index in [-0.39, 0.29) is 29.2 Å². The molecule has 3 unspecified atom stereocenters. The number of carbonyl (C=O) groups is 3. The lowest BCUT2D eigenvalue weighted by molar-refractivity contribution is -0.122. The number of amides is 3. The molecule has 8 nitrogen and oxygen atoms in total. The van der Waals surface area contributed by atoms with Crippen molar-refractivity contribution in [1.82, 2.24) is 4.98 Å². The number of halogens is 1. The Balaban J connectivity index is 1.24. The highest BCUT2D eigenvalue weighted by atomic mass is 35.5. The number of thioether (sulfide) groups is 1. The van der Waals surface area contributed by atoms with Crippen LogP contribution in [0, 0.1) is 12.8 Å². The van der Waals surface area contributed by atoms with Gasteiger partial charge in [-0.3, -0.25) is 19.2 Å². The normalized spacial score (nSPS) is 19.8. The number of thiazole rings is 1. The smallest absolute Gasteiger partial charge is 0.305 e. The minimum absolute atomic E-state index is 0.200. The lowest BCUT2D eigenvalue weighted by Crippen LogP contribution is -2.32. The predicted molar refractivity (Wildman–Crippen MR) is 156 cm³/mol. The summed E-state index contributed by atoms with van der Waals surface area (Å²) in [4.78, 5) is 56.5. The van der Waals surface area contributed by atoms with Crippen molar-refractivity contribution in [3.63, 3.8) is 0 Å². The number of benzene rings is 3. The summed E-state index contributed by atoms with van der Waals surface area (Å²) >= 11 is 8.18. The molecule has 0 saturated carbocycles. The standard InChI is InChI=1S/C29H22ClN3O5S2/c1-15-2-10-19(11-3-15)33-27(35)23-22(24-26(32-29(37)40-24)39-25(23)28(33)36)16-4-12-20(13-5-16)38-14-21(34)31-18-8-6-17(30)7-9-18/h2-13,22-23,25H,14H2,1H3,(H,31,34)(H,32,37). The van der Waals surface area contributed by atoms with Gasteiger partial charge in [-0.15, -0.1) is 0 Å². The highest BCUT2D eigenvalue weighted by molar-refractivity contribution is 8.00. The molecule has 2 aliphatic heterocycles. The van der Waals surface area contributed by atoms with E-state index in [0.29, 0.717) is 27.2 Å². The number of H-pyrrole nitrogens is 1. The molecular weight excluding hydrogens is 570 g/mol. The lowest BCUT2D eigenvalue weighted by atomic mass is 9.83. The maximum Gasteiger partial charge on any atom is 0.305 e. The van der Waals surface area contributed by atoms with Gasteiger partial charge in [0.1, 0.15) is 11.0 Å². The van der Waals surface area contributed by atoms with Gasteiger partial charge in [0.2, 0.25) is 11.8 Å². The minimum Gasteiger partial charge on any atom is -0.484 e. The van der Waals surface area contributed by atoms with Crippen molar-refractivity contribution in [3.8, 4) is 5.75 Å². The number of anilines is 2. The molecule has 4 aromatic rings. The number of fused-ring (bicyclic) bond motifs is 2. The number of nitrogens with zero attached hydrogens (tertiary/aromatic N) is 1. The Morgan fingerprint density at radius 3 is 2.38 bits per heavy atom. The topological polar surface area (TPSA) is 109 Å². The second kappa shape index (κ2) is 10.6. The molecule has 2 aliphatic rings. The second-order valence-electron chi connectivity index (χ2n) is 9.51. The zero-order valence-electron chi connectivity index (χ0n) is 21.1. The van der Waals surface area contributed by atoms with Crippen LogP contribution in [0.15, 0.2) is 82.6 Å². The molecule has 3 atom stereocenters. The maximum absolute atomic E-state index is 13.8. The van der Waals surface area contributed by atoms with Crippen molar-refractivity contribution in [2.24, 2.45) is 5.92 Å². The van der Waals surface area contributed by atoms with Crippen molar-refractivity contribution in [2.75, 3.05) is 16.8 Å². The minimum atomic E-state index is -0.672. The molecule has 2 N–H and O–H groups in total. The number of aryl methyl sites for hydroxylation is 1. The molecule has 0 bridgehead atoms. The predicted octanol–water partition coefficient (Wildman–Crippen LogP) is 5.21. The third kappa shape index (κ3) is 4.94. The fourth-order valence-corrected chi connectivity index (χ4v) is 7.62. The number of hydrogen-bond donors (Lipinski definition) is 2. The van der Waals surface area contributed by atoms with Gasteiger partial charge < -0.3 is 15.0 Å². The Hall–Kier alpha value is -3.86. The van der Waals surface area contributed by atoms with Gasteiger partial charge in [-0.05, 0) is 61.0 Å². The van der Waals surface area contributed by atoms with E-state index in [4.69, 9.17) is 16.3 Å². The lowest BCUT2D eigenvalue weighted by Gasteiger charge is -2.29. The molecule has 0 spiro atoms. The molecule has 0 aliphatic carbocycles. The summed E-state index contributed by atoms with van der Waals surface area (Å²) in [7, 11) is 0. The highest BCUT2D eigenvalue weighted by Crippen LogP contribution is 2.53. The van der Waals surface area contributed by atoms with Crippen LogP contribution in [0.3, 0.4) is 0 Å². The SMILES string of the molecule is Cc1ccc(N2C(=O)C3Sc4[nH]c(=O)sc4C(c4ccc(OCC(=O)Nc5ccc(Cl)cc5)cc4)C3C2=O)cc1. The van der Waals surface area contributed by atoms with Gasteiger partial charge in [0, 0.05) is 21.5 Å². The van der Waals surface area contributed by atoms with E-state index in [1.54, 1.807) is 48.5 Å². The fourth-order valence-electron chi connectivity index (χ4n) is 4.98. The molecule has 1 fully saturated rings. The highest BCUT2D eigenvalue weighted by Gasteiger charge is 2.56. The second-order valence-corrected chi connectivity index (χ2v) is 12.1. The Bertz CT molecular complexity index is 1670.